The molecule has 0 saturated carbocycles. The number of carbonyl (C=O) groups excluding carboxylic acids is 2. The molecule has 0 radical (unpaired) electrons. The Morgan fingerprint density at radius 3 is 2.38 bits per heavy atom. The third kappa shape index (κ3) is 3.69. The van der Waals surface area contributed by atoms with E-state index >= 15 is 0 Å². The summed E-state index contributed by atoms with van der Waals surface area (Å²) in [6.45, 7) is 1.43. The van der Waals surface area contributed by atoms with Crippen LogP contribution in [0, 0.1) is 0 Å². The van der Waals surface area contributed by atoms with Crippen molar-refractivity contribution in [3.8, 4) is 11.3 Å². The molecule has 0 aliphatic carbocycles. The number of Topliss-reactive ketones (excluding diaryl/α,β-unsaturated/α-hetero) is 1. The van der Waals surface area contributed by atoms with Crippen molar-refractivity contribution in [3.63, 3.8) is 0 Å². The maximum atomic E-state index is 12.6. The number of hydrogen-bond donors (Lipinski definition) is 2. The summed E-state index contributed by atoms with van der Waals surface area (Å²) in [6.07, 6.45) is -4.01. The van der Waals surface area contributed by atoms with Gasteiger partial charge in [0.05, 0.1) is 17.8 Å². The Balaban J connectivity index is 2.36. The van der Waals surface area contributed by atoms with Gasteiger partial charge in [-0.25, -0.2) is 0 Å². The molecule has 1 heterocycles. The van der Waals surface area contributed by atoms with Crippen molar-refractivity contribution in [1.82, 2.24) is 15.2 Å². The van der Waals surface area contributed by atoms with Crippen LogP contribution >= 0.6 is 0 Å². The monoisotopic (exact) mass is 340 g/mol. The molecule has 2 rings (SSSR count). The summed E-state index contributed by atoms with van der Waals surface area (Å²) < 4.78 is 38.7. The summed E-state index contributed by atoms with van der Waals surface area (Å²) >= 11 is 0. The van der Waals surface area contributed by atoms with E-state index in [-0.39, 0.29) is 6.54 Å². The second-order valence-electron chi connectivity index (χ2n) is 4.97. The number of aryl methyl sites for hydroxylation is 1. The Kier molecular flexibility index (Phi) is 5.15. The number of halogens is 3. The molecule has 3 N–H and O–H groups in total. The zero-order valence-electron chi connectivity index (χ0n) is 12.7. The first-order valence-corrected chi connectivity index (χ1v) is 7.05. The van der Waals surface area contributed by atoms with E-state index in [1.165, 1.54) is 12.1 Å². The predicted octanol–water partition coefficient (Wildman–Crippen LogP) is 1.80. The van der Waals surface area contributed by atoms with Crippen molar-refractivity contribution in [2.24, 2.45) is 5.84 Å². The highest BCUT2D eigenvalue weighted by molar-refractivity contribution is 6.37. The van der Waals surface area contributed by atoms with Gasteiger partial charge in [0.15, 0.2) is 0 Å². The van der Waals surface area contributed by atoms with Crippen LogP contribution in [-0.4, -0.2) is 28.0 Å². The van der Waals surface area contributed by atoms with Gasteiger partial charge >= 0.3 is 12.1 Å². The highest BCUT2D eigenvalue weighted by atomic mass is 19.4. The van der Waals surface area contributed by atoms with Crippen molar-refractivity contribution in [1.29, 1.82) is 0 Å². The fraction of sp³-hybridized carbons (Fsp3) is 0.267. The fourth-order valence-corrected chi connectivity index (χ4v) is 2.10. The van der Waals surface area contributed by atoms with Gasteiger partial charge in [0, 0.05) is 11.3 Å². The zero-order valence-corrected chi connectivity index (χ0v) is 12.7. The van der Waals surface area contributed by atoms with Gasteiger partial charge < -0.3 is 0 Å². The van der Waals surface area contributed by atoms with Gasteiger partial charge in [0.25, 0.3) is 0 Å². The van der Waals surface area contributed by atoms with Crippen molar-refractivity contribution in [3.05, 3.63) is 41.6 Å². The highest BCUT2D eigenvalue weighted by Gasteiger charge is 2.30. The number of nitrogens with one attached hydrogen (secondary N) is 1. The lowest BCUT2D eigenvalue weighted by atomic mass is 10.1. The summed E-state index contributed by atoms with van der Waals surface area (Å²) in [6, 6.07) is 5.96. The number of nitrogens with two attached hydrogens (primary N) is 1. The summed E-state index contributed by atoms with van der Waals surface area (Å²) in [5.41, 5.74) is 2.51. The van der Waals surface area contributed by atoms with E-state index in [0.717, 1.165) is 16.8 Å². The number of aromatic nitrogens is 2. The molecular weight excluding hydrogens is 325 g/mol. The first-order valence-electron chi connectivity index (χ1n) is 7.05. The van der Waals surface area contributed by atoms with E-state index in [9.17, 15) is 22.8 Å². The molecule has 6 nitrogen and oxygen atoms in total. The van der Waals surface area contributed by atoms with Crippen LogP contribution in [0.4, 0.5) is 13.2 Å². The van der Waals surface area contributed by atoms with Gasteiger partial charge in [-0.15, -0.1) is 0 Å². The Labute approximate surface area is 135 Å². The number of hydrogen-bond acceptors (Lipinski definition) is 5. The molecular formula is C15H15F3N4O2. The molecule has 0 aliphatic rings. The molecule has 0 spiro atoms. The first-order chi connectivity index (χ1) is 11.3. The van der Waals surface area contributed by atoms with E-state index in [1.807, 2.05) is 0 Å². The van der Waals surface area contributed by atoms with Crippen LogP contribution < -0.4 is 11.3 Å². The van der Waals surface area contributed by atoms with Crippen LogP contribution in [0.5, 0.6) is 0 Å². The third-order valence-electron chi connectivity index (χ3n) is 3.35. The molecule has 2 aromatic rings. The molecule has 128 valence electrons. The minimum absolute atomic E-state index is 0.308. The Hall–Kier alpha value is -2.52. The maximum absolute atomic E-state index is 12.6. The molecule has 0 amide bonds. The van der Waals surface area contributed by atoms with Crippen LogP contribution in [0.3, 0.4) is 0 Å². The molecule has 1 aromatic heterocycles. The number of benzene rings is 1. The molecule has 0 aliphatic heterocycles. The van der Waals surface area contributed by atoms with Gasteiger partial charge in [-0.05, 0) is 24.6 Å². The molecule has 0 fully saturated rings. The summed E-state index contributed by atoms with van der Waals surface area (Å²) in [4.78, 5) is 23.7. The average Bonchev–Trinajstić information content (AvgIpc) is 2.98. The lowest BCUT2D eigenvalue weighted by Gasteiger charge is -2.06. The molecule has 0 saturated heterocycles. The predicted molar refractivity (Wildman–Crippen MR) is 79.9 cm³/mol. The number of ketones is 1. The van der Waals surface area contributed by atoms with Crippen LogP contribution in [-0.2, 0) is 17.4 Å². The fourth-order valence-electron chi connectivity index (χ4n) is 2.10. The van der Waals surface area contributed by atoms with Gasteiger partial charge in [-0.1, -0.05) is 19.1 Å². The lowest BCUT2D eigenvalue weighted by Crippen LogP contribution is -2.36. The number of alkyl halides is 3. The Morgan fingerprint density at radius 2 is 1.88 bits per heavy atom. The molecule has 0 unspecified atom stereocenters. The van der Waals surface area contributed by atoms with Gasteiger partial charge in [0.1, 0.15) is 0 Å². The van der Waals surface area contributed by atoms with E-state index in [2.05, 4.69) is 10.5 Å². The SMILES string of the molecule is CCc1cc(-c2ccc(C(F)(F)F)cc2)nn1C(=O)C(=O)CNN. The highest BCUT2D eigenvalue weighted by Crippen LogP contribution is 2.30. The Morgan fingerprint density at radius 1 is 1.25 bits per heavy atom. The van der Waals surface area contributed by atoms with Crippen LogP contribution in [0.15, 0.2) is 30.3 Å². The van der Waals surface area contributed by atoms with Crippen LogP contribution in [0.2, 0.25) is 0 Å². The summed E-state index contributed by atoms with van der Waals surface area (Å²) in [5.74, 6) is 3.39. The van der Waals surface area contributed by atoms with E-state index < -0.39 is 23.4 Å². The minimum atomic E-state index is -4.43. The normalized spacial score (nSPS) is 11.5. The van der Waals surface area contributed by atoms with Crippen molar-refractivity contribution in [2.75, 3.05) is 6.54 Å². The van der Waals surface area contributed by atoms with Crippen LogP contribution in [0.1, 0.15) is 23.0 Å². The van der Waals surface area contributed by atoms with Crippen molar-refractivity contribution < 1.29 is 22.8 Å². The maximum Gasteiger partial charge on any atom is 0.416 e. The van der Waals surface area contributed by atoms with Crippen molar-refractivity contribution in [2.45, 2.75) is 19.5 Å². The summed E-state index contributed by atoms with van der Waals surface area (Å²) in [7, 11) is 0. The van der Waals surface area contributed by atoms with E-state index in [0.29, 0.717) is 23.4 Å². The molecule has 9 heteroatoms. The lowest BCUT2D eigenvalue weighted by molar-refractivity contribution is -0.137. The molecule has 0 bridgehead atoms. The Bertz CT molecular complexity index is 751. The molecule has 1 aromatic carbocycles. The number of hydrazine groups is 1. The second kappa shape index (κ2) is 6.93. The summed E-state index contributed by atoms with van der Waals surface area (Å²) in [5, 5.41) is 4.04. The van der Waals surface area contributed by atoms with E-state index in [1.54, 1.807) is 13.0 Å². The van der Waals surface area contributed by atoms with Gasteiger partial charge in [-0.3, -0.25) is 20.9 Å². The first kappa shape index (κ1) is 17.8. The van der Waals surface area contributed by atoms with Crippen LogP contribution in [0.25, 0.3) is 11.3 Å². The van der Waals surface area contributed by atoms with Crippen molar-refractivity contribution >= 4 is 11.7 Å². The molecule has 0 atom stereocenters. The standard InChI is InChI=1S/C15H15F3N4O2/c1-2-11-7-12(21-22(11)14(24)13(23)8-20-19)9-3-5-10(6-4-9)15(16,17)18/h3-7,20H,2,8,19H2,1H3. The topological polar surface area (TPSA) is 90.0 Å². The third-order valence-corrected chi connectivity index (χ3v) is 3.35. The molecule has 24 heavy (non-hydrogen) atoms. The van der Waals surface area contributed by atoms with E-state index in [4.69, 9.17) is 5.84 Å². The van der Waals surface area contributed by atoms with Gasteiger partial charge in [-0.2, -0.15) is 23.0 Å². The number of nitrogens with zero attached hydrogens (tertiary/aromatic N) is 2. The average molecular weight is 340 g/mol. The minimum Gasteiger partial charge on any atom is -0.287 e. The number of carbonyl (C=O) groups is 2. The zero-order chi connectivity index (χ0) is 17.9. The largest absolute Gasteiger partial charge is 0.416 e. The second-order valence-corrected chi connectivity index (χ2v) is 4.97. The number of rotatable bonds is 5. The quantitative estimate of drug-likeness (QED) is 0.492. The van der Waals surface area contributed by atoms with Gasteiger partial charge in [0.2, 0.25) is 5.78 Å². The smallest absolute Gasteiger partial charge is 0.287 e.